The molecule has 8 heteroatoms. The van der Waals surface area contributed by atoms with Crippen molar-refractivity contribution in [1.29, 1.82) is 0 Å². The molecule has 2 aliphatic carbocycles. The van der Waals surface area contributed by atoms with Crippen molar-refractivity contribution in [2.24, 2.45) is 5.41 Å². The molecular formula is C25H25N3O3S2. The van der Waals surface area contributed by atoms with E-state index in [2.05, 4.69) is 11.1 Å². The Bertz CT molecular complexity index is 1380. The Kier molecular flexibility index (Phi) is 5.30. The van der Waals surface area contributed by atoms with E-state index in [0.717, 1.165) is 72.3 Å². The minimum Gasteiger partial charge on any atom is -0.459 e. The van der Waals surface area contributed by atoms with Crippen LogP contribution in [0.25, 0.3) is 15.2 Å². The molecular weight excluding hydrogens is 454 g/mol. The van der Waals surface area contributed by atoms with Gasteiger partial charge in [0.15, 0.2) is 4.96 Å². The van der Waals surface area contributed by atoms with Crippen molar-refractivity contribution in [1.82, 2.24) is 14.4 Å². The Morgan fingerprint density at radius 1 is 1.06 bits per heavy atom. The smallest absolute Gasteiger partial charge is 0.312 e. The molecule has 33 heavy (non-hydrogen) atoms. The SMILES string of the molecule is O=C(OCc1cc(=O)n2c3c(sc2n1)CCCC3)C1(Cc2nc3ccccc3s2)CCCC1. The Balaban J connectivity index is 1.22. The van der Waals surface area contributed by atoms with Crippen LogP contribution in [0.1, 0.15) is 59.8 Å². The number of thiazole rings is 2. The lowest BCUT2D eigenvalue weighted by Crippen LogP contribution is -2.32. The third-order valence-electron chi connectivity index (χ3n) is 6.99. The second-order valence-corrected chi connectivity index (χ2v) is 11.4. The summed E-state index contributed by atoms with van der Waals surface area (Å²) in [7, 11) is 0. The number of fused-ring (bicyclic) bond motifs is 4. The normalized spacial score (nSPS) is 17.5. The first-order valence-electron chi connectivity index (χ1n) is 11.7. The highest BCUT2D eigenvalue weighted by Gasteiger charge is 2.43. The minimum absolute atomic E-state index is 0.0364. The van der Waals surface area contributed by atoms with Gasteiger partial charge in [-0.3, -0.25) is 14.0 Å². The largest absolute Gasteiger partial charge is 0.459 e. The summed E-state index contributed by atoms with van der Waals surface area (Å²) in [6.45, 7) is 0.0364. The first-order valence-corrected chi connectivity index (χ1v) is 13.3. The van der Waals surface area contributed by atoms with Gasteiger partial charge in [-0.15, -0.1) is 22.7 Å². The fraction of sp³-hybridized carbons (Fsp3) is 0.440. The quantitative estimate of drug-likeness (QED) is 0.373. The van der Waals surface area contributed by atoms with Crippen molar-refractivity contribution in [3.05, 3.63) is 62.0 Å². The van der Waals surface area contributed by atoms with E-state index in [1.807, 2.05) is 18.2 Å². The number of nitrogens with zero attached hydrogens (tertiary/aromatic N) is 3. The minimum atomic E-state index is -0.533. The number of ether oxygens (including phenoxy) is 1. The summed E-state index contributed by atoms with van der Waals surface area (Å²) in [5.41, 5.74) is 2.02. The van der Waals surface area contributed by atoms with Gasteiger partial charge in [-0.1, -0.05) is 25.0 Å². The summed E-state index contributed by atoms with van der Waals surface area (Å²) in [6.07, 6.45) is 8.50. The molecule has 0 spiro atoms. The summed E-state index contributed by atoms with van der Waals surface area (Å²) in [6, 6.07) is 9.61. The van der Waals surface area contributed by atoms with Crippen LogP contribution in [-0.4, -0.2) is 20.3 Å². The zero-order chi connectivity index (χ0) is 22.4. The number of benzene rings is 1. The standard InChI is InChI=1S/C25H25N3O3S2/c29-22-13-16(26-24-28(22)18-8-2-4-10-20(18)33-24)15-31-23(30)25(11-5-6-12-25)14-21-27-17-7-1-3-9-19(17)32-21/h1,3,7,9,13H,2,4-6,8,10-12,14-15H2. The van der Waals surface area contributed by atoms with Gasteiger partial charge in [0.2, 0.25) is 0 Å². The fourth-order valence-electron chi connectivity index (χ4n) is 5.30. The molecule has 3 heterocycles. The van der Waals surface area contributed by atoms with E-state index in [1.54, 1.807) is 27.1 Å². The van der Waals surface area contributed by atoms with Gasteiger partial charge in [0.1, 0.15) is 6.61 Å². The van der Waals surface area contributed by atoms with Gasteiger partial charge in [-0.25, -0.2) is 9.97 Å². The zero-order valence-corrected chi connectivity index (χ0v) is 20.0. The number of aryl methyl sites for hydroxylation is 2. The van der Waals surface area contributed by atoms with Crippen LogP contribution < -0.4 is 5.56 Å². The van der Waals surface area contributed by atoms with Gasteiger partial charge in [0.05, 0.1) is 26.3 Å². The molecule has 3 aromatic heterocycles. The van der Waals surface area contributed by atoms with Crippen molar-refractivity contribution in [3.63, 3.8) is 0 Å². The fourth-order valence-corrected chi connectivity index (χ4v) is 7.64. The summed E-state index contributed by atoms with van der Waals surface area (Å²) in [5, 5.41) is 0.983. The number of esters is 1. The molecule has 6 nitrogen and oxygen atoms in total. The number of hydrogen-bond acceptors (Lipinski definition) is 7. The molecule has 0 bridgehead atoms. The molecule has 4 aromatic rings. The van der Waals surface area contributed by atoms with Crippen molar-refractivity contribution in [3.8, 4) is 0 Å². The van der Waals surface area contributed by atoms with Gasteiger partial charge in [0, 0.05) is 23.1 Å². The number of aromatic nitrogens is 3. The maximum absolute atomic E-state index is 13.3. The van der Waals surface area contributed by atoms with Crippen LogP contribution in [0.2, 0.25) is 0 Å². The molecule has 0 aliphatic heterocycles. The number of para-hydroxylation sites is 1. The monoisotopic (exact) mass is 479 g/mol. The molecule has 0 unspecified atom stereocenters. The first-order chi connectivity index (χ1) is 16.1. The number of rotatable bonds is 5. The predicted octanol–water partition coefficient (Wildman–Crippen LogP) is 5.09. The summed E-state index contributed by atoms with van der Waals surface area (Å²) >= 11 is 3.25. The average molecular weight is 480 g/mol. The molecule has 6 rings (SSSR count). The molecule has 0 radical (unpaired) electrons. The Morgan fingerprint density at radius 2 is 1.88 bits per heavy atom. The molecule has 0 atom stereocenters. The van der Waals surface area contributed by atoms with Crippen LogP contribution in [0, 0.1) is 5.41 Å². The molecule has 0 amide bonds. The highest BCUT2D eigenvalue weighted by atomic mass is 32.1. The molecule has 1 fully saturated rings. The molecule has 170 valence electrons. The Hall–Kier alpha value is -2.58. The van der Waals surface area contributed by atoms with Crippen LogP contribution in [0.5, 0.6) is 0 Å². The lowest BCUT2D eigenvalue weighted by molar-refractivity contribution is -0.157. The summed E-state index contributed by atoms with van der Waals surface area (Å²) < 4.78 is 8.69. The van der Waals surface area contributed by atoms with Crippen LogP contribution >= 0.6 is 22.7 Å². The van der Waals surface area contributed by atoms with Gasteiger partial charge in [-0.2, -0.15) is 0 Å². The topological polar surface area (TPSA) is 73.6 Å². The maximum atomic E-state index is 13.3. The molecule has 2 aliphatic rings. The molecule has 1 saturated carbocycles. The van der Waals surface area contributed by atoms with Crippen molar-refractivity contribution in [2.75, 3.05) is 0 Å². The van der Waals surface area contributed by atoms with E-state index in [-0.39, 0.29) is 18.1 Å². The van der Waals surface area contributed by atoms with E-state index in [4.69, 9.17) is 9.72 Å². The highest BCUT2D eigenvalue weighted by molar-refractivity contribution is 7.18. The van der Waals surface area contributed by atoms with Crippen LogP contribution in [-0.2, 0) is 35.4 Å². The molecule has 0 saturated heterocycles. The third-order valence-corrected chi connectivity index (χ3v) is 9.17. The van der Waals surface area contributed by atoms with Gasteiger partial charge in [0.25, 0.3) is 5.56 Å². The van der Waals surface area contributed by atoms with Crippen molar-refractivity contribution >= 4 is 43.8 Å². The van der Waals surface area contributed by atoms with Crippen molar-refractivity contribution in [2.45, 2.75) is 64.4 Å². The summed E-state index contributed by atoms with van der Waals surface area (Å²) in [4.78, 5) is 37.5. The Morgan fingerprint density at radius 3 is 2.73 bits per heavy atom. The van der Waals surface area contributed by atoms with Crippen LogP contribution in [0.3, 0.4) is 0 Å². The maximum Gasteiger partial charge on any atom is 0.312 e. The van der Waals surface area contributed by atoms with Gasteiger partial charge < -0.3 is 4.74 Å². The predicted molar refractivity (Wildman–Crippen MR) is 130 cm³/mol. The van der Waals surface area contributed by atoms with Crippen LogP contribution in [0.4, 0.5) is 0 Å². The van der Waals surface area contributed by atoms with E-state index in [0.29, 0.717) is 17.1 Å². The molecule has 0 N–H and O–H groups in total. The number of carbonyl (C=O) groups excluding carboxylic acids is 1. The summed E-state index contributed by atoms with van der Waals surface area (Å²) in [5.74, 6) is -0.188. The van der Waals surface area contributed by atoms with Crippen LogP contribution in [0.15, 0.2) is 35.1 Å². The van der Waals surface area contributed by atoms with Gasteiger partial charge in [-0.05, 0) is 50.7 Å². The second-order valence-electron chi connectivity index (χ2n) is 9.20. The highest BCUT2D eigenvalue weighted by Crippen LogP contribution is 2.43. The van der Waals surface area contributed by atoms with E-state index < -0.39 is 5.41 Å². The average Bonchev–Trinajstić information content (AvgIpc) is 3.54. The van der Waals surface area contributed by atoms with Crippen molar-refractivity contribution < 1.29 is 9.53 Å². The van der Waals surface area contributed by atoms with E-state index >= 15 is 0 Å². The van der Waals surface area contributed by atoms with Gasteiger partial charge >= 0.3 is 5.97 Å². The lowest BCUT2D eigenvalue weighted by atomic mass is 9.83. The Labute approximate surface area is 199 Å². The third kappa shape index (κ3) is 3.79. The first kappa shape index (κ1) is 21.0. The zero-order valence-electron chi connectivity index (χ0n) is 18.3. The lowest BCUT2D eigenvalue weighted by Gasteiger charge is -2.25. The number of carbonyl (C=O) groups is 1. The number of hydrogen-bond donors (Lipinski definition) is 0. The van der Waals surface area contributed by atoms with E-state index in [1.165, 1.54) is 10.9 Å². The van der Waals surface area contributed by atoms with E-state index in [9.17, 15) is 9.59 Å². The molecule has 1 aromatic carbocycles. The second kappa shape index (κ2) is 8.33.